The molecule has 0 aliphatic carbocycles. The van der Waals surface area contributed by atoms with Crippen molar-refractivity contribution in [3.05, 3.63) is 89.5 Å². The summed E-state index contributed by atoms with van der Waals surface area (Å²) in [4.78, 5) is 8.19. The summed E-state index contributed by atoms with van der Waals surface area (Å²) < 4.78 is 0. The molecule has 2 aromatic heterocycles. The molecule has 3 aromatic rings. The van der Waals surface area contributed by atoms with Gasteiger partial charge in [0.05, 0.1) is 11.7 Å². The van der Waals surface area contributed by atoms with E-state index in [4.69, 9.17) is 11.6 Å². The van der Waals surface area contributed by atoms with Gasteiger partial charge in [-0.3, -0.25) is 4.98 Å². The Morgan fingerprint density at radius 2 is 1.52 bits per heavy atom. The minimum absolute atomic E-state index is 0.00380. The lowest BCUT2D eigenvalue weighted by molar-refractivity contribution is 0.931. The molecule has 0 saturated heterocycles. The lowest BCUT2D eigenvalue weighted by Gasteiger charge is -2.21. The second kappa shape index (κ2) is 6.37. The van der Waals surface area contributed by atoms with Crippen LogP contribution < -0.4 is 5.32 Å². The van der Waals surface area contributed by atoms with Crippen LogP contribution in [0.2, 0.25) is 5.15 Å². The molecule has 4 heteroatoms. The molecular weight excluding hydrogens is 282 g/mol. The fourth-order valence-corrected chi connectivity index (χ4v) is 2.38. The monoisotopic (exact) mass is 295 g/mol. The SMILES string of the molecule is Clc1ncccc1NC(c1ccccc1)c1ccncc1. The van der Waals surface area contributed by atoms with Gasteiger partial charge in [0, 0.05) is 18.6 Å². The zero-order valence-electron chi connectivity index (χ0n) is 11.3. The molecule has 3 rings (SSSR count). The van der Waals surface area contributed by atoms with Crippen LogP contribution in [-0.4, -0.2) is 9.97 Å². The summed E-state index contributed by atoms with van der Waals surface area (Å²) in [6.07, 6.45) is 5.26. The molecule has 0 spiro atoms. The van der Waals surface area contributed by atoms with Gasteiger partial charge in [0.1, 0.15) is 0 Å². The Bertz CT molecular complexity index is 662. The molecule has 0 aliphatic rings. The fourth-order valence-electron chi connectivity index (χ4n) is 2.21. The van der Waals surface area contributed by atoms with Crippen LogP contribution in [0.25, 0.3) is 0 Å². The van der Waals surface area contributed by atoms with Crippen molar-refractivity contribution in [2.45, 2.75) is 6.04 Å². The molecule has 0 radical (unpaired) electrons. The molecule has 104 valence electrons. The number of halogens is 1. The number of rotatable bonds is 4. The summed E-state index contributed by atoms with van der Waals surface area (Å²) in [6, 6.07) is 18.0. The minimum atomic E-state index is -0.00380. The van der Waals surface area contributed by atoms with Gasteiger partial charge in [-0.2, -0.15) is 0 Å². The summed E-state index contributed by atoms with van der Waals surface area (Å²) in [5, 5.41) is 3.92. The van der Waals surface area contributed by atoms with Crippen LogP contribution >= 0.6 is 11.6 Å². The first kappa shape index (κ1) is 13.6. The van der Waals surface area contributed by atoms with E-state index in [0.29, 0.717) is 5.15 Å². The van der Waals surface area contributed by atoms with E-state index in [1.807, 2.05) is 42.5 Å². The maximum Gasteiger partial charge on any atom is 0.152 e. The van der Waals surface area contributed by atoms with Gasteiger partial charge in [-0.25, -0.2) is 4.98 Å². The van der Waals surface area contributed by atoms with Crippen molar-refractivity contribution in [3.8, 4) is 0 Å². The smallest absolute Gasteiger partial charge is 0.152 e. The molecule has 0 bridgehead atoms. The maximum absolute atomic E-state index is 6.16. The van der Waals surface area contributed by atoms with Gasteiger partial charge in [-0.1, -0.05) is 41.9 Å². The normalized spacial score (nSPS) is 11.9. The number of benzene rings is 1. The Hall–Kier alpha value is -2.39. The molecule has 0 saturated carbocycles. The number of pyridine rings is 2. The van der Waals surface area contributed by atoms with E-state index >= 15 is 0 Å². The minimum Gasteiger partial charge on any atom is -0.372 e. The first-order valence-corrected chi connectivity index (χ1v) is 7.04. The molecule has 1 unspecified atom stereocenters. The zero-order chi connectivity index (χ0) is 14.5. The van der Waals surface area contributed by atoms with Crippen LogP contribution in [0.3, 0.4) is 0 Å². The van der Waals surface area contributed by atoms with Gasteiger partial charge >= 0.3 is 0 Å². The maximum atomic E-state index is 6.16. The number of aromatic nitrogens is 2. The third kappa shape index (κ3) is 3.20. The highest BCUT2D eigenvalue weighted by Crippen LogP contribution is 2.28. The fraction of sp³-hybridized carbons (Fsp3) is 0.0588. The average Bonchev–Trinajstić information content (AvgIpc) is 2.56. The van der Waals surface area contributed by atoms with Gasteiger partial charge < -0.3 is 5.32 Å². The Morgan fingerprint density at radius 1 is 0.810 bits per heavy atom. The van der Waals surface area contributed by atoms with Crippen molar-refractivity contribution < 1.29 is 0 Å². The number of anilines is 1. The first-order valence-electron chi connectivity index (χ1n) is 6.66. The quantitative estimate of drug-likeness (QED) is 0.728. The molecule has 0 aliphatic heterocycles. The summed E-state index contributed by atoms with van der Waals surface area (Å²) in [5.74, 6) is 0. The van der Waals surface area contributed by atoms with Crippen LogP contribution in [-0.2, 0) is 0 Å². The molecule has 3 nitrogen and oxygen atoms in total. The van der Waals surface area contributed by atoms with Crippen molar-refractivity contribution in [2.24, 2.45) is 0 Å². The number of hydrogen-bond acceptors (Lipinski definition) is 3. The van der Waals surface area contributed by atoms with Gasteiger partial charge in [-0.05, 0) is 35.4 Å². The largest absolute Gasteiger partial charge is 0.372 e. The van der Waals surface area contributed by atoms with Crippen LogP contribution in [0, 0.1) is 0 Å². The summed E-state index contributed by atoms with van der Waals surface area (Å²) in [6.45, 7) is 0. The van der Waals surface area contributed by atoms with Crippen LogP contribution in [0.15, 0.2) is 73.2 Å². The van der Waals surface area contributed by atoms with E-state index in [2.05, 4.69) is 27.4 Å². The standard InChI is InChI=1S/C17H14ClN3/c18-17-15(7-4-10-20-17)21-16(13-5-2-1-3-6-13)14-8-11-19-12-9-14/h1-12,16,21H. The summed E-state index contributed by atoms with van der Waals surface area (Å²) in [7, 11) is 0. The molecule has 1 aromatic carbocycles. The van der Waals surface area contributed by atoms with E-state index in [1.165, 1.54) is 0 Å². The summed E-state index contributed by atoms with van der Waals surface area (Å²) >= 11 is 6.16. The van der Waals surface area contributed by atoms with E-state index in [-0.39, 0.29) is 6.04 Å². The highest BCUT2D eigenvalue weighted by molar-refractivity contribution is 6.31. The van der Waals surface area contributed by atoms with E-state index in [0.717, 1.165) is 16.8 Å². The van der Waals surface area contributed by atoms with Gasteiger partial charge in [0.2, 0.25) is 0 Å². The lowest BCUT2D eigenvalue weighted by atomic mass is 9.99. The predicted molar refractivity (Wildman–Crippen MR) is 85.4 cm³/mol. The van der Waals surface area contributed by atoms with Gasteiger partial charge in [0.25, 0.3) is 0 Å². The molecule has 21 heavy (non-hydrogen) atoms. The molecule has 0 amide bonds. The zero-order valence-corrected chi connectivity index (χ0v) is 12.0. The molecule has 1 N–H and O–H groups in total. The summed E-state index contributed by atoms with van der Waals surface area (Å²) in [5.41, 5.74) is 3.09. The predicted octanol–water partition coefficient (Wildman–Crippen LogP) is 4.33. The van der Waals surface area contributed by atoms with Gasteiger partial charge in [0.15, 0.2) is 5.15 Å². The van der Waals surface area contributed by atoms with Crippen molar-refractivity contribution in [1.82, 2.24) is 9.97 Å². The number of hydrogen-bond donors (Lipinski definition) is 1. The second-order valence-corrected chi connectivity index (χ2v) is 4.97. The lowest BCUT2D eigenvalue weighted by Crippen LogP contribution is -2.12. The molecular formula is C17H14ClN3. The first-order chi connectivity index (χ1) is 10.3. The Labute approximate surface area is 128 Å². The highest BCUT2D eigenvalue weighted by Gasteiger charge is 2.15. The van der Waals surface area contributed by atoms with E-state index in [9.17, 15) is 0 Å². The van der Waals surface area contributed by atoms with Crippen LogP contribution in [0.4, 0.5) is 5.69 Å². The molecule has 0 fully saturated rings. The van der Waals surface area contributed by atoms with Crippen molar-refractivity contribution in [3.63, 3.8) is 0 Å². The Morgan fingerprint density at radius 3 is 2.24 bits per heavy atom. The van der Waals surface area contributed by atoms with Crippen molar-refractivity contribution in [2.75, 3.05) is 5.32 Å². The third-order valence-electron chi connectivity index (χ3n) is 3.23. The highest BCUT2D eigenvalue weighted by atomic mass is 35.5. The van der Waals surface area contributed by atoms with Crippen LogP contribution in [0.5, 0.6) is 0 Å². The number of nitrogens with zero attached hydrogens (tertiary/aromatic N) is 2. The average molecular weight is 296 g/mol. The van der Waals surface area contributed by atoms with Gasteiger partial charge in [-0.15, -0.1) is 0 Å². The van der Waals surface area contributed by atoms with Crippen molar-refractivity contribution in [1.29, 1.82) is 0 Å². The Balaban J connectivity index is 1.99. The number of nitrogens with one attached hydrogen (secondary N) is 1. The van der Waals surface area contributed by atoms with Crippen molar-refractivity contribution >= 4 is 17.3 Å². The van der Waals surface area contributed by atoms with E-state index in [1.54, 1.807) is 18.6 Å². The third-order valence-corrected chi connectivity index (χ3v) is 3.53. The second-order valence-electron chi connectivity index (χ2n) is 4.61. The topological polar surface area (TPSA) is 37.8 Å². The molecule has 1 atom stereocenters. The van der Waals surface area contributed by atoms with Crippen LogP contribution in [0.1, 0.15) is 17.2 Å². The Kier molecular flexibility index (Phi) is 4.12. The molecule has 2 heterocycles. The van der Waals surface area contributed by atoms with E-state index < -0.39 is 0 Å².